The highest BCUT2D eigenvalue weighted by molar-refractivity contribution is 5.70. The van der Waals surface area contributed by atoms with Gasteiger partial charge in [0.2, 0.25) is 0 Å². The van der Waals surface area contributed by atoms with E-state index in [4.69, 9.17) is 14.2 Å². The molecule has 0 amide bonds. The molecule has 0 spiro atoms. The highest BCUT2D eigenvalue weighted by Gasteiger charge is 2.17. The molecule has 0 bridgehead atoms. The Balaban J connectivity index is 4.20. The Labute approximate surface area is 361 Å². The van der Waals surface area contributed by atoms with E-state index in [0.29, 0.717) is 19.4 Å². The number of unbranched alkanes of at least 4 members (excludes halogenated alkanes) is 27. The van der Waals surface area contributed by atoms with Gasteiger partial charge in [0, 0.05) is 19.4 Å². The van der Waals surface area contributed by atoms with Crippen molar-refractivity contribution in [1.82, 2.24) is 0 Å². The molecular formula is C53H96O5. The first-order valence-electron chi connectivity index (χ1n) is 25.2. The molecule has 0 aliphatic rings. The van der Waals surface area contributed by atoms with Gasteiger partial charge in [0.15, 0.2) is 6.10 Å². The van der Waals surface area contributed by atoms with Gasteiger partial charge in [-0.15, -0.1) is 0 Å². The van der Waals surface area contributed by atoms with E-state index in [1.165, 1.54) is 154 Å². The summed E-state index contributed by atoms with van der Waals surface area (Å²) in [6, 6.07) is 0. The minimum absolute atomic E-state index is 0.0801. The monoisotopic (exact) mass is 813 g/mol. The summed E-state index contributed by atoms with van der Waals surface area (Å²) in [5.74, 6) is -0.404. The minimum Gasteiger partial charge on any atom is -0.462 e. The number of esters is 2. The quantitative estimate of drug-likeness (QED) is 0.0348. The van der Waals surface area contributed by atoms with Crippen LogP contribution in [0.1, 0.15) is 252 Å². The molecule has 5 nitrogen and oxygen atoms in total. The van der Waals surface area contributed by atoms with Crippen LogP contribution in [0.5, 0.6) is 0 Å². The molecule has 1 unspecified atom stereocenters. The van der Waals surface area contributed by atoms with Crippen LogP contribution in [-0.4, -0.2) is 37.9 Å². The molecule has 0 radical (unpaired) electrons. The van der Waals surface area contributed by atoms with E-state index in [9.17, 15) is 9.59 Å². The fourth-order valence-corrected chi connectivity index (χ4v) is 7.11. The van der Waals surface area contributed by atoms with Crippen LogP contribution in [0.15, 0.2) is 48.6 Å². The van der Waals surface area contributed by atoms with Gasteiger partial charge in [-0.3, -0.25) is 9.59 Å². The van der Waals surface area contributed by atoms with Crippen LogP contribution in [0.4, 0.5) is 0 Å². The molecule has 0 saturated heterocycles. The lowest BCUT2D eigenvalue weighted by molar-refractivity contribution is -0.163. The van der Waals surface area contributed by atoms with E-state index in [-0.39, 0.29) is 25.2 Å². The molecule has 5 heteroatoms. The van der Waals surface area contributed by atoms with Crippen molar-refractivity contribution < 1.29 is 23.8 Å². The predicted octanol–water partition coefficient (Wildman–Crippen LogP) is 16.8. The molecule has 338 valence electrons. The molecule has 0 aromatic heterocycles. The molecule has 0 aliphatic heterocycles. The van der Waals surface area contributed by atoms with E-state index < -0.39 is 6.10 Å². The topological polar surface area (TPSA) is 61.8 Å². The summed E-state index contributed by atoms with van der Waals surface area (Å²) in [6.45, 7) is 7.69. The Morgan fingerprint density at radius 1 is 0.397 bits per heavy atom. The average molecular weight is 813 g/mol. The molecule has 0 aromatic rings. The first-order chi connectivity index (χ1) is 28.6. The SMILES string of the molecule is CC/C=C\C/C=C\C/C=C\CCCCCCCCOCC(COC(=O)CCCCCCCCC/C=C\CCCCCCCC)OC(=O)CCCCCCCCCCC. The molecular weight excluding hydrogens is 717 g/mol. The van der Waals surface area contributed by atoms with Crippen molar-refractivity contribution in [2.24, 2.45) is 0 Å². The zero-order valence-corrected chi connectivity index (χ0v) is 38.8. The fourth-order valence-electron chi connectivity index (χ4n) is 7.11. The first kappa shape index (κ1) is 55.9. The number of carbonyl (C=O) groups is 2. The third-order valence-electron chi connectivity index (χ3n) is 10.8. The Hall–Kier alpha value is -2.14. The highest BCUT2D eigenvalue weighted by atomic mass is 16.6. The lowest BCUT2D eigenvalue weighted by Crippen LogP contribution is -2.30. The maximum atomic E-state index is 12.7. The van der Waals surface area contributed by atoms with Crippen molar-refractivity contribution >= 4 is 11.9 Å². The number of rotatable bonds is 46. The summed E-state index contributed by atoms with van der Waals surface area (Å²) in [4.78, 5) is 25.3. The second-order valence-electron chi connectivity index (χ2n) is 16.7. The van der Waals surface area contributed by atoms with Crippen molar-refractivity contribution in [1.29, 1.82) is 0 Å². The molecule has 0 fully saturated rings. The molecule has 0 N–H and O–H groups in total. The average Bonchev–Trinajstić information content (AvgIpc) is 3.22. The van der Waals surface area contributed by atoms with Crippen molar-refractivity contribution in [2.75, 3.05) is 19.8 Å². The minimum atomic E-state index is -0.540. The standard InChI is InChI=1S/C53H96O5/c1-4-7-10-13-16-19-21-23-25-27-28-30-32-35-37-40-43-46-52(54)57-50-51(58-53(55)47-44-41-38-34-18-15-12-9-6-3)49-56-48-45-42-39-36-33-31-29-26-24-22-20-17-14-11-8-5-2/h8,11,17,20,23-26,51H,4-7,9-10,12-16,18-19,21-22,27-50H2,1-3H3/b11-8-,20-17-,25-23-,26-24-. The van der Waals surface area contributed by atoms with Crippen LogP contribution in [0.2, 0.25) is 0 Å². The molecule has 0 saturated carbocycles. The van der Waals surface area contributed by atoms with Gasteiger partial charge in [-0.2, -0.15) is 0 Å². The normalized spacial score (nSPS) is 12.5. The van der Waals surface area contributed by atoms with E-state index in [0.717, 1.165) is 64.2 Å². The van der Waals surface area contributed by atoms with Crippen molar-refractivity contribution in [3.05, 3.63) is 48.6 Å². The number of hydrogen-bond donors (Lipinski definition) is 0. The summed E-state index contributed by atoms with van der Waals surface area (Å²) in [5, 5.41) is 0. The van der Waals surface area contributed by atoms with Crippen LogP contribution in [0.25, 0.3) is 0 Å². The van der Waals surface area contributed by atoms with E-state index >= 15 is 0 Å². The number of hydrogen-bond acceptors (Lipinski definition) is 5. The summed E-state index contributed by atoms with van der Waals surface area (Å²) in [6.07, 6.45) is 59.7. The molecule has 0 aromatic carbocycles. The number of carbonyl (C=O) groups excluding carboxylic acids is 2. The van der Waals surface area contributed by atoms with Gasteiger partial charge >= 0.3 is 11.9 Å². The van der Waals surface area contributed by atoms with Gasteiger partial charge in [0.1, 0.15) is 6.61 Å². The van der Waals surface area contributed by atoms with E-state index in [2.05, 4.69) is 69.4 Å². The second-order valence-corrected chi connectivity index (χ2v) is 16.7. The third kappa shape index (κ3) is 46.5. The molecule has 0 aliphatic carbocycles. The van der Waals surface area contributed by atoms with Crippen LogP contribution in [0, 0.1) is 0 Å². The molecule has 0 rings (SSSR count). The van der Waals surface area contributed by atoms with Gasteiger partial charge in [-0.05, 0) is 77.0 Å². The first-order valence-corrected chi connectivity index (χ1v) is 25.2. The summed E-state index contributed by atoms with van der Waals surface area (Å²) >= 11 is 0. The van der Waals surface area contributed by atoms with Gasteiger partial charge in [0.25, 0.3) is 0 Å². The van der Waals surface area contributed by atoms with Gasteiger partial charge in [0.05, 0.1) is 6.61 Å². The molecule has 58 heavy (non-hydrogen) atoms. The third-order valence-corrected chi connectivity index (χ3v) is 10.8. The van der Waals surface area contributed by atoms with Crippen LogP contribution >= 0.6 is 0 Å². The lowest BCUT2D eigenvalue weighted by Gasteiger charge is -2.18. The lowest BCUT2D eigenvalue weighted by atomic mass is 10.1. The van der Waals surface area contributed by atoms with Gasteiger partial charge in [-0.25, -0.2) is 0 Å². The Morgan fingerprint density at radius 2 is 0.776 bits per heavy atom. The highest BCUT2D eigenvalue weighted by Crippen LogP contribution is 2.14. The Kier molecular flexibility index (Phi) is 47.4. The maximum Gasteiger partial charge on any atom is 0.306 e. The summed E-state index contributed by atoms with van der Waals surface area (Å²) in [7, 11) is 0. The largest absolute Gasteiger partial charge is 0.462 e. The Morgan fingerprint density at radius 3 is 1.26 bits per heavy atom. The van der Waals surface area contributed by atoms with Crippen molar-refractivity contribution in [3.8, 4) is 0 Å². The van der Waals surface area contributed by atoms with Crippen LogP contribution in [0.3, 0.4) is 0 Å². The smallest absolute Gasteiger partial charge is 0.306 e. The second kappa shape index (κ2) is 49.2. The predicted molar refractivity (Wildman–Crippen MR) is 251 cm³/mol. The van der Waals surface area contributed by atoms with Crippen LogP contribution < -0.4 is 0 Å². The maximum absolute atomic E-state index is 12.7. The zero-order valence-electron chi connectivity index (χ0n) is 38.8. The molecule has 0 heterocycles. The summed E-state index contributed by atoms with van der Waals surface area (Å²) < 4.78 is 17.3. The van der Waals surface area contributed by atoms with Crippen molar-refractivity contribution in [2.45, 2.75) is 258 Å². The summed E-state index contributed by atoms with van der Waals surface area (Å²) in [5.41, 5.74) is 0. The van der Waals surface area contributed by atoms with E-state index in [1.54, 1.807) is 0 Å². The number of ether oxygens (including phenoxy) is 3. The van der Waals surface area contributed by atoms with E-state index in [1.807, 2.05) is 0 Å². The van der Waals surface area contributed by atoms with Gasteiger partial charge in [-0.1, -0.05) is 211 Å². The van der Waals surface area contributed by atoms with Gasteiger partial charge < -0.3 is 14.2 Å². The van der Waals surface area contributed by atoms with Crippen LogP contribution in [-0.2, 0) is 23.8 Å². The Bertz CT molecular complexity index is 966. The van der Waals surface area contributed by atoms with Crippen molar-refractivity contribution in [3.63, 3.8) is 0 Å². The molecule has 1 atom stereocenters. The fraction of sp³-hybridized carbons (Fsp3) is 0.811. The zero-order chi connectivity index (χ0) is 42.1. The number of allylic oxidation sites excluding steroid dienone is 8.